The second-order valence-electron chi connectivity index (χ2n) is 8.80. The fraction of sp³-hybridized carbons (Fsp3) is 0.440. The number of fused-ring (bicyclic) bond motifs is 1. The Bertz CT molecular complexity index is 1430. The molecule has 0 N–H and O–H groups in total. The Morgan fingerprint density at radius 1 is 0.914 bits per heavy atom. The van der Waals surface area contributed by atoms with Gasteiger partial charge in [0.15, 0.2) is 0 Å². The number of piperazine rings is 1. The molecule has 1 saturated heterocycles. The summed E-state index contributed by atoms with van der Waals surface area (Å²) >= 11 is 0. The summed E-state index contributed by atoms with van der Waals surface area (Å²) in [6.45, 7) is 6.12. The molecule has 0 aliphatic carbocycles. The summed E-state index contributed by atoms with van der Waals surface area (Å²) in [7, 11) is 1.53. The van der Waals surface area contributed by atoms with E-state index in [9.17, 15) is 23.6 Å². The maximum Gasteiger partial charge on any atom is 0.332 e. The highest BCUT2D eigenvalue weighted by Crippen LogP contribution is 2.20. The molecule has 3 heterocycles. The van der Waals surface area contributed by atoms with Crippen molar-refractivity contribution in [2.75, 3.05) is 31.1 Å². The Kier molecular flexibility index (Phi) is 6.90. The first-order valence-corrected chi connectivity index (χ1v) is 12.0. The standard InChI is InChI=1S/C25H30FN5O4/c1-4-10-30-20(32)16-19(21-22(30)27(3)25(35)31(11-5-2)24(21)34)23(33)29-14-12-28(13-15-29)18-8-6-17(26)7-9-18/h6-9,16H,4-5,10-15H2,1-3H3. The van der Waals surface area contributed by atoms with Crippen LogP contribution in [-0.2, 0) is 20.1 Å². The summed E-state index contributed by atoms with van der Waals surface area (Å²) in [5, 5.41) is 0.0968. The molecule has 1 aliphatic rings. The van der Waals surface area contributed by atoms with E-state index in [2.05, 4.69) is 4.90 Å². The molecule has 4 rings (SSSR count). The number of carbonyl (C=O) groups excluding carboxylic acids is 1. The van der Waals surface area contributed by atoms with Crippen molar-refractivity contribution < 1.29 is 9.18 Å². The Labute approximate surface area is 201 Å². The average Bonchev–Trinajstić information content (AvgIpc) is 2.86. The van der Waals surface area contributed by atoms with E-state index < -0.39 is 22.7 Å². The minimum Gasteiger partial charge on any atom is -0.368 e. The van der Waals surface area contributed by atoms with E-state index in [0.717, 1.165) is 10.3 Å². The lowest BCUT2D eigenvalue weighted by Crippen LogP contribution is -2.49. The molecule has 0 saturated carbocycles. The third-order valence-electron chi connectivity index (χ3n) is 6.46. The first kappa shape index (κ1) is 24.4. The van der Waals surface area contributed by atoms with Crippen LogP contribution in [0.25, 0.3) is 11.0 Å². The fourth-order valence-corrected chi connectivity index (χ4v) is 4.71. The summed E-state index contributed by atoms with van der Waals surface area (Å²) in [4.78, 5) is 56.7. The second kappa shape index (κ2) is 9.89. The predicted octanol–water partition coefficient (Wildman–Crippen LogP) is 1.78. The minimum absolute atomic E-state index is 0.0260. The number of benzene rings is 1. The van der Waals surface area contributed by atoms with Gasteiger partial charge in [0.05, 0.1) is 10.9 Å². The molecule has 35 heavy (non-hydrogen) atoms. The van der Waals surface area contributed by atoms with Crippen LogP contribution < -0.4 is 21.7 Å². The van der Waals surface area contributed by atoms with Gasteiger partial charge in [0, 0.05) is 58.1 Å². The number of nitrogens with zero attached hydrogens (tertiary/aromatic N) is 5. The van der Waals surface area contributed by atoms with Crippen molar-refractivity contribution in [1.29, 1.82) is 0 Å². The third kappa shape index (κ3) is 4.40. The number of carbonyl (C=O) groups is 1. The molecular weight excluding hydrogens is 453 g/mol. The topological polar surface area (TPSA) is 89.6 Å². The molecule has 2 aromatic heterocycles. The van der Waals surface area contributed by atoms with Gasteiger partial charge < -0.3 is 9.80 Å². The lowest BCUT2D eigenvalue weighted by molar-refractivity contribution is 0.0748. The number of hydrogen-bond donors (Lipinski definition) is 0. The first-order valence-electron chi connectivity index (χ1n) is 12.0. The highest BCUT2D eigenvalue weighted by atomic mass is 19.1. The van der Waals surface area contributed by atoms with Crippen molar-refractivity contribution >= 4 is 22.6 Å². The SMILES string of the molecule is CCCn1c(=O)c2c(C(=O)N3CCN(c4ccc(F)cc4)CC3)cc(=O)n(CCC)c2n(C)c1=O. The van der Waals surface area contributed by atoms with E-state index in [0.29, 0.717) is 45.6 Å². The minimum atomic E-state index is -0.553. The summed E-state index contributed by atoms with van der Waals surface area (Å²) < 4.78 is 17.1. The van der Waals surface area contributed by atoms with E-state index in [1.165, 1.54) is 34.4 Å². The Morgan fingerprint density at radius 3 is 2.11 bits per heavy atom. The Hall–Kier alpha value is -3.69. The Morgan fingerprint density at radius 2 is 1.51 bits per heavy atom. The van der Waals surface area contributed by atoms with Crippen LogP contribution in [0.5, 0.6) is 0 Å². The predicted molar refractivity (Wildman–Crippen MR) is 133 cm³/mol. The lowest BCUT2D eigenvalue weighted by Gasteiger charge is -2.36. The molecule has 1 aliphatic heterocycles. The van der Waals surface area contributed by atoms with Crippen molar-refractivity contribution in [3.8, 4) is 0 Å². The number of halogens is 1. The molecule has 1 aromatic carbocycles. The lowest BCUT2D eigenvalue weighted by atomic mass is 10.1. The molecule has 186 valence electrons. The van der Waals surface area contributed by atoms with Crippen molar-refractivity contribution in [1.82, 2.24) is 18.6 Å². The molecular formula is C25H30FN5O4. The van der Waals surface area contributed by atoms with Gasteiger partial charge in [0.1, 0.15) is 11.5 Å². The van der Waals surface area contributed by atoms with Gasteiger partial charge in [-0.05, 0) is 37.1 Å². The number of aromatic nitrogens is 3. The molecule has 0 unspecified atom stereocenters. The zero-order valence-electron chi connectivity index (χ0n) is 20.3. The van der Waals surface area contributed by atoms with E-state index >= 15 is 0 Å². The van der Waals surface area contributed by atoms with Crippen molar-refractivity contribution in [3.05, 3.63) is 72.9 Å². The third-order valence-corrected chi connectivity index (χ3v) is 6.46. The second-order valence-corrected chi connectivity index (χ2v) is 8.80. The van der Waals surface area contributed by atoms with E-state index in [1.807, 2.05) is 13.8 Å². The average molecular weight is 484 g/mol. The van der Waals surface area contributed by atoms with Gasteiger partial charge in [-0.15, -0.1) is 0 Å². The summed E-state index contributed by atoms with van der Waals surface area (Å²) in [6.07, 6.45) is 1.20. The van der Waals surface area contributed by atoms with Crippen molar-refractivity contribution in [2.24, 2.45) is 7.05 Å². The molecule has 1 fully saturated rings. The van der Waals surface area contributed by atoms with Crippen LogP contribution in [0, 0.1) is 5.82 Å². The van der Waals surface area contributed by atoms with Crippen LogP contribution >= 0.6 is 0 Å². The van der Waals surface area contributed by atoms with E-state index in [4.69, 9.17) is 0 Å². The molecule has 9 nitrogen and oxygen atoms in total. The molecule has 10 heteroatoms. The first-order chi connectivity index (χ1) is 16.8. The molecule has 0 spiro atoms. The van der Waals surface area contributed by atoms with Crippen LogP contribution in [-0.4, -0.2) is 50.7 Å². The largest absolute Gasteiger partial charge is 0.368 e. The number of amides is 1. The van der Waals surface area contributed by atoms with Crippen molar-refractivity contribution in [3.63, 3.8) is 0 Å². The zero-order chi connectivity index (χ0) is 25.3. The van der Waals surface area contributed by atoms with Gasteiger partial charge in [0.2, 0.25) is 0 Å². The number of aryl methyl sites for hydroxylation is 2. The number of anilines is 1. The van der Waals surface area contributed by atoms with Gasteiger partial charge in [-0.1, -0.05) is 13.8 Å². The van der Waals surface area contributed by atoms with Gasteiger partial charge >= 0.3 is 5.69 Å². The van der Waals surface area contributed by atoms with Crippen LogP contribution in [0.4, 0.5) is 10.1 Å². The molecule has 0 atom stereocenters. The van der Waals surface area contributed by atoms with Gasteiger partial charge in [-0.25, -0.2) is 9.18 Å². The molecule has 0 bridgehead atoms. The monoisotopic (exact) mass is 483 g/mol. The molecule has 0 radical (unpaired) electrons. The highest BCUT2D eigenvalue weighted by Gasteiger charge is 2.28. The van der Waals surface area contributed by atoms with Crippen molar-refractivity contribution in [2.45, 2.75) is 39.8 Å². The normalized spacial score (nSPS) is 14.1. The van der Waals surface area contributed by atoms with Crippen LogP contribution in [0.3, 0.4) is 0 Å². The highest BCUT2D eigenvalue weighted by molar-refractivity contribution is 6.05. The number of hydrogen-bond acceptors (Lipinski definition) is 5. The van der Waals surface area contributed by atoms with Gasteiger partial charge in [-0.2, -0.15) is 0 Å². The Balaban J connectivity index is 1.77. The van der Waals surface area contributed by atoms with Gasteiger partial charge in [0.25, 0.3) is 17.0 Å². The summed E-state index contributed by atoms with van der Waals surface area (Å²) in [5.74, 6) is -0.719. The maximum atomic E-state index is 13.6. The smallest absolute Gasteiger partial charge is 0.332 e. The fourth-order valence-electron chi connectivity index (χ4n) is 4.71. The molecule has 1 amide bonds. The maximum absolute atomic E-state index is 13.6. The van der Waals surface area contributed by atoms with E-state index in [1.54, 1.807) is 17.0 Å². The molecule has 3 aromatic rings. The van der Waals surface area contributed by atoms with Crippen LogP contribution in [0.1, 0.15) is 37.0 Å². The van der Waals surface area contributed by atoms with E-state index in [-0.39, 0.29) is 29.0 Å². The summed E-state index contributed by atoms with van der Waals surface area (Å²) in [6, 6.07) is 7.43. The number of pyridine rings is 1. The summed E-state index contributed by atoms with van der Waals surface area (Å²) in [5.41, 5.74) is -0.416. The zero-order valence-corrected chi connectivity index (χ0v) is 20.3. The van der Waals surface area contributed by atoms with Gasteiger partial charge in [-0.3, -0.25) is 28.1 Å². The number of rotatable bonds is 6. The quantitative estimate of drug-likeness (QED) is 0.533. The van der Waals surface area contributed by atoms with Crippen LogP contribution in [0.2, 0.25) is 0 Å². The van der Waals surface area contributed by atoms with Crippen LogP contribution in [0.15, 0.2) is 44.7 Å².